The van der Waals surface area contributed by atoms with E-state index in [1.807, 2.05) is 0 Å². The third-order valence-electron chi connectivity index (χ3n) is 3.44. The number of rotatable bonds is 3. The summed E-state index contributed by atoms with van der Waals surface area (Å²) in [6.07, 6.45) is 1.70. The van der Waals surface area contributed by atoms with Gasteiger partial charge in [0.1, 0.15) is 5.82 Å². The fourth-order valence-corrected chi connectivity index (χ4v) is 2.40. The highest BCUT2D eigenvalue weighted by atomic mass is 19.1. The molecule has 0 aliphatic carbocycles. The van der Waals surface area contributed by atoms with Crippen molar-refractivity contribution in [2.45, 2.75) is 12.8 Å². The molecular weight excluding hydrogens is 271 g/mol. The molecule has 1 aromatic carbocycles. The summed E-state index contributed by atoms with van der Waals surface area (Å²) in [5, 5.41) is 6.42. The topological polar surface area (TPSA) is 59.1 Å². The first-order valence-electron chi connectivity index (χ1n) is 6.93. The molecule has 0 bridgehead atoms. The molecule has 0 saturated carbocycles. The summed E-state index contributed by atoms with van der Waals surface area (Å²) in [4.78, 5) is 8.96. The number of hydrogen-bond donors (Lipinski definition) is 2. The van der Waals surface area contributed by atoms with Gasteiger partial charge in [-0.05, 0) is 37.2 Å². The summed E-state index contributed by atoms with van der Waals surface area (Å²) in [7, 11) is 1.61. The molecule has 110 valence electrons. The van der Waals surface area contributed by atoms with Crippen LogP contribution in [-0.2, 0) is 12.8 Å². The van der Waals surface area contributed by atoms with E-state index in [4.69, 9.17) is 4.74 Å². The van der Waals surface area contributed by atoms with Crippen molar-refractivity contribution in [2.75, 3.05) is 25.5 Å². The Morgan fingerprint density at radius 3 is 2.67 bits per heavy atom. The second-order valence-corrected chi connectivity index (χ2v) is 4.86. The molecule has 2 heterocycles. The third-order valence-corrected chi connectivity index (χ3v) is 3.44. The van der Waals surface area contributed by atoms with Crippen LogP contribution in [0.3, 0.4) is 0 Å². The number of nitrogens with one attached hydrogen (secondary N) is 2. The molecule has 0 unspecified atom stereocenters. The number of methoxy groups -OCH3 is 1. The highest BCUT2D eigenvalue weighted by Gasteiger charge is 2.17. The van der Waals surface area contributed by atoms with Crippen LogP contribution in [0.5, 0.6) is 5.88 Å². The zero-order valence-electron chi connectivity index (χ0n) is 11.8. The Morgan fingerprint density at radius 1 is 1.14 bits per heavy atom. The van der Waals surface area contributed by atoms with Crippen molar-refractivity contribution in [1.29, 1.82) is 0 Å². The lowest BCUT2D eigenvalue weighted by Gasteiger charge is -2.12. The van der Waals surface area contributed by atoms with Gasteiger partial charge in [0.05, 0.1) is 12.8 Å². The van der Waals surface area contributed by atoms with Crippen LogP contribution in [0.15, 0.2) is 24.3 Å². The Kier molecular flexibility index (Phi) is 3.96. The van der Waals surface area contributed by atoms with Crippen LogP contribution in [0.1, 0.15) is 11.3 Å². The maximum Gasteiger partial charge on any atom is 0.230 e. The highest BCUT2D eigenvalue weighted by Crippen LogP contribution is 2.24. The molecule has 1 aliphatic rings. The van der Waals surface area contributed by atoms with Crippen molar-refractivity contribution in [3.8, 4) is 5.88 Å². The van der Waals surface area contributed by atoms with E-state index in [2.05, 4.69) is 20.6 Å². The van der Waals surface area contributed by atoms with E-state index in [1.54, 1.807) is 19.2 Å². The zero-order valence-corrected chi connectivity index (χ0v) is 11.8. The predicted octanol–water partition coefficient (Wildman–Crippen LogP) is 2.06. The van der Waals surface area contributed by atoms with Crippen LogP contribution >= 0.6 is 0 Å². The average molecular weight is 288 g/mol. The van der Waals surface area contributed by atoms with Crippen molar-refractivity contribution < 1.29 is 9.13 Å². The molecule has 1 aliphatic heterocycles. The van der Waals surface area contributed by atoms with Gasteiger partial charge in [-0.25, -0.2) is 9.37 Å². The number of hydrogen-bond acceptors (Lipinski definition) is 5. The van der Waals surface area contributed by atoms with Gasteiger partial charge in [0.15, 0.2) is 0 Å². The minimum Gasteiger partial charge on any atom is -0.481 e. The molecule has 0 spiro atoms. The van der Waals surface area contributed by atoms with Crippen molar-refractivity contribution in [3.05, 3.63) is 41.3 Å². The van der Waals surface area contributed by atoms with E-state index in [9.17, 15) is 4.39 Å². The van der Waals surface area contributed by atoms with Gasteiger partial charge < -0.3 is 15.4 Å². The van der Waals surface area contributed by atoms with Gasteiger partial charge in [0, 0.05) is 24.2 Å². The van der Waals surface area contributed by atoms with Crippen LogP contribution < -0.4 is 15.4 Å². The first-order valence-corrected chi connectivity index (χ1v) is 6.93. The summed E-state index contributed by atoms with van der Waals surface area (Å²) in [5.41, 5.74) is 2.80. The lowest BCUT2D eigenvalue weighted by molar-refractivity contribution is 0.391. The Balaban J connectivity index is 1.92. The van der Waals surface area contributed by atoms with Crippen LogP contribution in [0.4, 0.5) is 16.0 Å². The first kappa shape index (κ1) is 13.8. The molecule has 0 amide bonds. The smallest absolute Gasteiger partial charge is 0.230 e. The van der Waals surface area contributed by atoms with Gasteiger partial charge in [-0.15, -0.1) is 0 Å². The van der Waals surface area contributed by atoms with Crippen LogP contribution in [-0.4, -0.2) is 30.2 Å². The summed E-state index contributed by atoms with van der Waals surface area (Å²) in [6.45, 7) is 1.79. The van der Waals surface area contributed by atoms with Gasteiger partial charge in [-0.1, -0.05) is 0 Å². The largest absolute Gasteiger partial charge is 0.481 e. The molecule has 6 heteroatoms. The number of fused-ring (bicyclic) bond motifs is 1. The fraction of sp³-hybridized carbons (Fsp3) is 0.333. The van der Waals surface area contributed by atoms with Crippen LogP contribution in [0.25, 0.3) is 0 Å². The van der Waals surface area contributed by atoms with Crippen molar-refractivity contribution in [3.63, 3.8) is 0 Å². The SMILES string of the molecule is COc1nc(Nc2ccc(F)cc2)nc2c1CCNCC2. The summed E-state index contributed by atoms with van der Waals surface area (Å²) in [5.74, 6) is 0.805. The minimum absolute atomic E-state index is 0.271. The number of aromatic nitrogens is 2. The average Bonchev–Trinajstić information content (AvgIpc) is 2.74. The second-order valence-electron chi connectivity index (χ2n) is 4.86. The van der Waals surface area contributed by atoms with E-state index in [-0.39, 0.29) is 5.82 Å². The predicted molar refractivity (Wildman–Crippen MR) is 78.5 cm³/mol. The van der Waals surface area contributed by atoms with Gasteiger partial charge in [0.2, 0.25) is 11.8 Å². The quantitative estimate of drug-likeness (QED) is 0.905. The number of benzene rings is 1. The number of nitrogens with zero attached hydrogens (tertiary/aromatic N) is 2. The van der Waals surface area contributed by atoms with Gasteiger partial charge in [-0.2, -0.15) is 4.98 Å². The van der Waals surface area contributed by atoms with Crippen molar-refractivity contribution in [1.82, 2.24) is 15.3 Å². The van der Waals surface area contributed by atoms with Crippen molar-refractivity contribution in [2.24, 2.45) is 0 Å². The normalized spacial score (nSPS) is 14.2. The van der Waals surface area contributed by atoms with Gasteiger partial charge >= 0.3 is 0 Å². The molecule has 0 fully saturated rings. The summed E-state index contributed by atoms with van der Waals surface area (Å²) in [6, 6.07) is 6.09. The first-order chi connectivity index (χ1) is 10.3. The van der Waals surface area contributed by atoms with Crippen LogP contribution in [0, 0.1) is 5.82 Å². The second kappa shape index (κ2) is 6.05. The summed E-state index contributed by atoms with van der Waals surface area (Å²) < 4.78 is 18.3. The fourth-order valence-electron chi connectivity index (χ4n) is 2.40. The molecule has 3 rings (SSSR count). The molecule has 21 heavy (non-hydrogen) atoms. The Labute approximate surface area is 122 Å². The standard InChI is InChI=1S/C15H17FN4O/c1-21-14-12-6-8-17-9-7-13(12)19-15(20-14)18-11-4-2-10(16)3-5-11/h2-5,17H,6-9H2,1H3,(H,18,19,20). The molecule has 0 saturated heterocycles. The molecular formula is C15H17FN4O. The monoisotopic (exact) mass is 288 g/mol. The van der Waals surface area contributed by atoms with Crippen LogP contribution in [0.2, 0.25) is 0 Å². The zero-order chi connectivity index (χ0) is 14.7. The Morgan fingerprint density at radius 2 is 1.90 bits per heavy atom. The number of anilines is 2. The molecule has 0 radical (unpaired) electrons. The molecule has 2 aromatic rings. The highest BCUT2D eigenvalue weighted by molar-refractivity contribution is 5.54. The molecule has 2 N–H and O–H groups in total. The van der Waals surface area contributed by atoms with Gasteiger partial charge in [-0.3, -0.25) is 0 Å². The minimum atomic E-state index is -0.271. The van der Waals surface area contributed by atoms with E-state index in [0.717, 1.165) is 42.9 Å². The molecule has 1 aromatic heterocycles. The lowest BCUT2D eigenvalue weighted by Crippen LogP contribution is -2.16. The van der Waals surface area contributed by atoms with E-state index in [1.165, 1.54) is 12.1 Å². The molecule has 0 atom stereocenters. The third kappa shape index (κ3) is 3.11. The Hall–Kier alpha value is -2.21. The molecule has 5 nitrogen and oxygen atoms in total. The van der Waals surface area contributed by atoms with Crippen molar-refractivity contribution >= 4 is 11.6 Å². The number of halogens is 1. The van der Waals surface area contributed by atoms with E-state index >= 15 is 0 Å². The van der Waals surface area contributed by atoms with E-state index < -0.39 is 0 Å². The lowest BCUT2D eigenvalue weighted by atomic mass is 10.1. The summed E-state index contributed by atoms with van der Waals surface area (Å²) >= 11 is 0. The van der Waals surface area contributed by atoms with E-state index in [0.29, 0.717) is 11.8 Å². The maximum atomic E-state index is 12.9. The van der Waals surface area contributed by atoms with Gasteiger partial charge in [0.25, 0.3) is 0 Å². The Bertz CT molecular complexity index is 630. The number of ether oxygens (including phenoxy) is 1. The maximum absolute atomic E-state index is 12.9.